The first-order valence-corrected chi connectivity index (χ1v) is 4.28. The topological polar surface area (TPSA) is 66.7 Å². The summed E-state index contributed by atoms with van der Waals surface area (Å²) in [5.41, 5.74) is -1.22. The average molecular weight is 193 g/mol. The van der Waals surface area contributed by atoms with Gasteiger partial charge in [0.05, 0.1) is 6.42 Å². The summed E-state index contributed by atoms with van der Waals surface area (Å²) in [4.78, 5) is 13.7. The summed E-state index contributed by atoms with van der Waals surface area (Å²) in [6, 6.07) is 0. The number of rotatable bonds is 2. The molecule has 0 aromatic carbocycles. The minimum Gasteiger partial charge on any atom is -0.478 e. The number of carboxylic acids is 1. The molecule has 0 radical (unpaired) electrons. The number of carbonyl (C=O) groups is 1. The summed E-state index contributed by atoms with van der Waals surface area (Å²) in [5.74, 6) is -0.994. The Kier molecular flexibility index (Phi) is 1.14. The molecule has 3 aliphatic rings. The molecule has 3 fully saturated rings. The second-order valence-corrected chi connectivity index (χ2v) is 3.84. The molecule has 4 atom stereocenters. The summed E-state index contributed by atoms with van der Waals surface area (Å²) in [6.07, 6.45) is 2.82. The molecule has 2 aliphatic heterocycles. The van der Waals surface area contributed by atoms with E-state index in [4.69, 9.17) is 21.2 Å². The van der Waals surface area contributed by atoms with Crippen LogP contribution in [0.5, 0.6) is 0 Å². The summed E-state index contributed by atoms with van der Waals surface area (Å²) >= 11 is 0. The van der Waals surface area contributed by atoms with Gasteiger partial charge in [0.15, 0.2) is 0 Å². The van der Waals surface area contributed by atoms with Crippen molar-refractivity contribution < 1.29 is 19.4 Å². The van der Waals surface area contributed by atoms with Gasteiger partial charge in [0.2, 0.25) is 6.10 Å². The number of nitrogens with zero attached hydrogens (tertiary/aromatic N) is 1. The Morgan fingerprint density at radius 1 is 1.57 bits per heavy atom. The van der Waals surface area contributed by atoms with Crippen LogP contribution in [0.3, 0.4) is 0 Å². The predicted octanol–water partition coefficient (Wildman–Crippen LogP) is 0.183. The molecule has 0 aromatic rings. The summed E-state index contributed by atoms with van der Waals surface area (Å²) in [7, 11) is 0. The fourth-order valence-electron chi connectivity index (χ4n) is 2.22. The van der Waals surface area contributed by atoms with E-state index < -0.39 is 17.3 Å². The smallest absolute Gasteiger partial charge is 0.370 e. The van der Waals surface area contributed by atoms with Crippen LogP contribution in [-0.2, 0) is 14.3 Å². The number of epoxide rings is 2. The van der Waals surface area contributed by atoms with Crippen molar-refractivity contribution in [3.8, 4) is 0 Å². The maximum atomic E-state index is 10.3. The first-order valence-electron chi connectivity index (χ1n) is 4.28. The number of ether oxygens (including phenoxy) is 2. The Morgan fingerprint density at radius 2 is 2.36 bits per heavy atom. The molecular weight excluding hydrogens is 186 g/mol. The van der Waals surface area contributed by atoms with E-state index in [-0.39, 0.29) is 12.2 Å². The Balaban J connectivity index is 1.80. The summed E-state index contributed by atoms with van der Waals surface area (Å²) in [5, 5.41) is 8.47. The van der Waals surface area contributed by atoms with E-state index in [9.17, 15) is 4.79 Å². The van der Waals surface area contributed by atoms with E-state index in [1.54, 1.807) is 0 Å². The van der Waals surface area contributed by atoms with Crippen molar-refractivity contribution in [2.24, 2.45) is 0 Å². The van der Waals surface area contributed by atoms with E-state index in [0.717, 1.165) is 6.08 Å². The van der Waals surface area contributed by atoms with E-state index in [1.807, 2.05) is 0 Å². The molecule has 1 N–H and O–H groups in total. The van der Waals surface area contributed by atoms with Crippen LogP contribution in [0.15, 0.2) is 12.2 Å². The molecule has 0 bridgehead atoms. The molecule has 4 unspecified atom stereocenters. The largest absolute Gasteiger partial charge is 0.478 e. The van der Waals surface area contributed by atoms with Gasteiger partial charge in [-0.3, -0.25) is 9.58 Å². The Labute approximate surface area is 79.7 Å². The quantitative estimate of drug-likeness (QED) is 0.386. The van der Waals surface area contributed by atoms with Gasteiger partial charge in [0.25, 0.3) is 0 Å². The normalized spacial score (nSPS) is 52.2. The molecule has 3 rings (SSSR count). The van der Waals surface area contributed by atoms with Crippen molar-refractivity contribution in [2.45, 2.75) is 30.0 Å². The predicted molar refractivity (Wildman–Crippen MR) is 43.2 cm³/mol. The van der Waals surface area contributed by atoms with Crippen molar-refractivity contribution in [3.05, 3.63) is 23.6 Å². The minimum absolute atomic E-state index is 0.104. The van der Waals surface area contributed by atoms with Crippen LogP contribution in [0.25, 0.3) is 4.85 Å². The van der Waals surface area contributed by atoms with Gasteiger partial charge in [-0.2, -0.15) is 0 Å². The molecule has 0 spiro atoms. The molecule has 5 heteroatoms. The third kappa shape index (κ3) is 0.775. The average Bonchev–Trinajstić information content (AvgIpc) is 3.01. The molecular formula is C9H7NO4. The lowest BCUT2D eigenvalue weighted by Crippen LogP contribution is -2.15. The highest BCUT2D eigenvalue weighted by Gasteiger charge is 2.88. The number of fused-ring (bicyclic) bond motifs is 3. The zero-order chi connectivity index (χ0) is 9.97. The second kappa shape index (κ2) is 2.00. The van der Waals surface area contributed by atoms with Crippen LogP contribution in [-0.4, -0.2) is 34.6 Å². The van der Waals surface area contributed by atoms with Crippen molar-refractivity contribution >= 4 is 5.97 Å². The zero-order valence-corrected chi connectivity index (χ0v) is 7.14. The van der Waals surface area contributed by atoms with Crippen LogP contribution in [0.4, 0.5) is 0 Å². The van der Waals surface area contributed by atoms with Crippen molar-refractivity contribution in [2.75, 3.05) is 0 Å². The first-order chi connectivity index (χ1) is 6.62. The van der Waals surface area contributed by atoms with Gasteiger partial charge in [0, 0.05) is 6.08 Å². The Bertz CT molecular complexity index is 398. The van der Waals surface area contributed by atoms with Gasteiger partial charge >= 0.3 is 11.7 Å². The fourth-order valence-corrected chi connectivity index (χ4v) is 2.22. The van der Waals surface area contributed by atoms with E-state index >= 15 is 0 Å². The number of hydrogen-bond acceptors (Lipinski definition) is 3. The van der Waals surface area contributed by atoms with Crippen molar-refractivity contribution in [1.82, 2.24) is 0 Å². The standard InChI is InChI=1S/C9H7NO4/c1-10-9-4-8(3-2-5(11)12)6(13-8)7(9)14-9/h2-3,6-7H,4H2,(H,11,12)/b3-2+. The van der Waals surface area contributed by atoms with Gasteiger partial charge in [-0.15, -0.1) is 0 Å². The minimum atomic E-state index is -0.994. The van der Waals surface area contributed by atoms with Gasteiger partial charge < -0.3 is 9.84 Å². The summed E-state index contributed by atoms with van der Waals surface area (Å²) in [6.45, 7) is 6.96. The van der Waals surface area contributed by atoms with E-state index in [0.29, 0.717) is 6.42 Å². The lowest BCUT2D eigenvalue weighted by Gasteiger charge is -2.01. The van der Waals surface area contributed by atoms with Gasteiger partial charge in [0.1, 0.15) is 11.7 Å². The highest BCUT2D eigenvalue weighted by molar-refractivity contribution is 5.80. The fraction of sp³-hybridized carbons (Fsp3) is 0.556. The van der Waals surface area contributed by atoms with Gasteiger partial charge in [-0.1, -0.05) is 0 Å². The number of aliphatic carboxylic acids is 1. The first kappa shape index (κ1) is 7.97. The lowest BCUT2D eigenvalue weighted by molar-refractivity contribution is -0.131. The SMILES string of the molecule is [C-]#[N+]C12CC3(/C=C/C(=O)O)OC3C1O2. The van der Waals surface area contributed by atoms with Crippen LogP contribution >= 0.6 is 0 Å². The number of carboxylic acid groups (broad SMARTS) is 1. The monoisotopic (exact) mass is 193 g/mol. The van der Waals surface area contributed by atoms with E-state index in [2.05, 4.69) is 4.85 Å². The maximum absolute atomic E-state index is 10.3. The van der Waals surface area contributed by atoms with E-state index in [1.165, 1.54) is 6.08 Å². The van der Waals surface area contributed by atoms with Crippen molar-refractivity contribution in [1.29, 1.82) is 0 Å². The molecule has 14 heavy (non-hydrogen) atoms. The molecule has 1 aliphatic carbocycles. The Morgan fingerprint density at radius 3 is 2.93 bits per heavy atom. The highest BCUT2D eigenvalue weighted by Crippen LogP contribution is 2.66. The van der Waals surface area contributed by atoms with Gasteiger partial charge in [-0.25, -0.2) is 11.4 Å². The van der Waals surface area contributed by atoms with Crippen LogP contribution < -0.4 is 0 Å². The Hall–Kier alpha value is -1.38. The number of hydrogen-bond donors (Lipinski definition) is 1. The highest BCUT2D eigenvalue weighted by atomic mass is 16.7. The third-order valence-electron chi connectivity index (χ3n) is 2.99. The molecule has 0 amide bonds. The molecule has 72 valence electrons. The van der Waals surface area contributed by atoms with Crippen LogP contribution in [0, 0.1) is 6.57 Å². The van der Waals surface area contributed by atoms with Crippen LogP contribution in [0.1, 0.15) is 6.42 Å². The molecule has 0 aromatic heterocycles. The summed E-state index contributed by atoms with van der Waals surface area (Å²) < 4.78 is 10.6. The molecule has 5 nitrogen and oxygen atoms in total. The van der Waals surface area contributed by atoms with Crippen molar-refractivity contribution in [3.63, 3.8) is 0 Å². The van der Waals surface area contributed by atoms with Gasteiger partial charge in [-0.05, 0) is 6.08 Å². The maximum Gasteiger partial charge on any atom is 0.370 e. The zero-order valence-electron chi connectivity index (χ0n) is 7.14. The third-order valence-corrected chi connectivity index (χ3v) is 2.99. The molecule has 2 saturated heterocycles. The lowest BCUT2D eigenvalue weighted by atomic mass is 10.1. The molecule has 2 heterocycles. The second-order valence-electron chi connectivity index (χ2n) is 3.84. The molecule has 1 saturated carbocycles. The van der Waals surface area contributed by atoms with Crippen LogP contribution in [0.2, 0.25) is 0 Å².